The van der Waals surface area contributed by atoms with E-state index in [9.17, 15) is 18.0 Å². The molecule has 0 saturated heterocycles. The first-order valence-corrected chi connectivity index (χ1v) is 9.23. The number of fused-ring (bicyclic) bond motifs is 1. The number of carbonyl (C=O) groups excluding carboxylic acids is 1. The Hall–Kier alpha value is -2.78. The number of aromatic nitrogens is 2. The largest absolute Gasteiger partial charge is 0.464 e. The summed E-state index contributed by atoms with van der Waals surface area (Å²) in [5.41, 5.74) is -1.58. The number of rotatable bonds is 4. The Balaban J connectivity index is 1.79. The number of nitrogens with one attached hydrogen (secondary N) is 1. The van der Waals surface area contributed by atoms with Crippen molar-refractivity contribution in [1.29, 1.82) is 0 Å². The van der Waals surface area contributed by atoms with E-state index in [0.717, 1.165) is 15.3 Å². The fourth-order valence-electron chi connectivity index (χ4n) is 2.71. The van der Waals surface area contributed by atoms with Gasteiger partial charge in [-0.25, -0.2) is 4.98 Å². The molecule has 0 aliphatic carbocycles. The van der Waals surface area contributed by atoms with Gasteiger partial charge in [-0.2, -0.15) is 13.2 Å². The summed E-state index contributed by atoms with van der Waals surface area (Å²) in [6, 6.07) is 7.67. The Morgan fingerprint density at radius 3 is 2.79 bits per heavy atom. The molecule has 0 aromatic carbocycles. The first-order valence-electron chi connectivity index (χ1n) is 7.98. The third kappa shape index (κ3) is 3.38. The van der Waals surface area contributed by atoms with Crippen LogP contribution in [0.3, 0.4) is 0 Å². The van der Waals surface area contributed by atoms with Gasteiger partial charge in [-0.1, -0.05) is 17.7 Å². The quantitative estimate of drug-likeness (QED) is 0.485. The fraction of sp³-hybridized carbons (Fsp3) is 0.111. The van der Waals surface area contributed by atoms with E-state index in [4.69, 9.17) is 16.0 Å². The van der Waals surface area contributed by atoms with Crippen molar-refractivity contribution in [2.45, 2.75) is 12.7 Å². The lowest BCUT2D eigenvalue weighted by atomic mass is 10.1. The van der Waals surface area contributed by atoms with Crippen LogP contribution in [0.15, 0.2) is 52.6 Å². The minimum absolute atomic E-state index is 0.162. The maximum absolute atomic E-state index is 13.6. The average Bonchev–Trinajstić information content (AvgIpc) is 3.40. The highest BCUT2D eigenvalue weighted by Gasteiger charge is 2.36. The van der Waals surface area contributed by atoms with Gasteiger partial charge in [0.05, 0.1) is 18.4 Å². The Bertz CT molecular complexity index is 1140. The average molecular weight is 426 g/mol. The van der Waals surface area contributed by atoms with Crippen LogP contribution in [0.1, 0.15) is 20.9 Å². The molecule has 0 saturated carbocycles. The van der Waals surface area contributed by atoms with Crippen LogP contribution < -0.4 is 5.32 Å². The number of furan rings is 1. The van der Waals surface area contributed by atoms with Crippen LogP contribution >= 0.6 is 22.9 Å². The van der Waals surface area contributed by atoms with E-state index in [1.807, 2.05) is 17.5 Å². The number of carbonyl (C=O) groups is 1. The van der Waals surface area contributed by atoms with Gasteiger partial charge in [0.2, 0.25) is 0 Å². The standard InChI is InChI=1S/C18H11ClF3N3O2S/c19-15-14(17(26)23-8-11-3-2-6-28-11)24-16-12(18(20,21)22)7-10(9-25(15)16)13-4-1-5-27-13/h1-7,9H,8H2,(H,23,26). The summed E-state index contributed by atoms with van der Waals surface area (Å²) in [5, 5.41) is 4.26. The van der Waals surface area contributed by atoms with E-state index in [0.29, 0.717) is 0 Å². The molecule has 5 nitrogen and oxygen atoms in total. The maximum Gasteiger partial charge on any atom is 0.420 e. The summed E-state index contributed by atoms with van der Waals surface area (Å²) < 4.78 is 47.0. The van der Waals surface area contributed by atoms with Crippen molar-refractivity contribution in [1.82, 2.24) is 14.7 Å². The molecule has 4 aromatic rings. The van der Waals surface area contributed by atoms with Crippen molar-refractivity contribution in [3.05, 3.63) is 69.5 Å². The van der Waals surface area contributed by atoms with Crippen LogP contribution in [0, 0.1) is 0 Å². The molecular weight excluding hydrogens is 415 g/mol. The number of hydrogen-bond acceptors (Lipinski definition) is 4. The van der Waals surface area contributed by atoms with E-state index in [1.165, 1.54) is 29.9 Å². The van der Waals surface area contributed by atoms with Gasteiger partial charge in [0, 0.05) is 16.6 Å². The van der Waals surface area contributed by atoms with Crippen LogP contribution in [-0.2, 0) is 12.7 Å². The summed E-state index contributed by atoms with van der Waals surface area (Å²) in [6.45, 7) is 0.227. The number of imidazole rings is 1. The molecule has 0 unspecified atom stereocenters. The summed E-state index contributed by atoms with van der Waals surface area (Å²) >= 11 is 7.66. The Labute approximate surface area is 165 Å². The van der Waals surface area contributed by atoms with Gasteiger partial charge in [-0.3, -0.25) is 9.20 Å². The van der Waals surface area contributed by atoms with Crippen LogP contribution in [0.5, 0.6) is 0 Å². The zero-order valence-electron chi connectivity index (χ0n) is 14.0. The topological polar surface area (TPSA) is 59.5 Å². The minimum atomic E-state index is -4.69. The van der Waals surface area contributed by atoms with Crippen LogP contribution in [0.2, 0.25) is 5.15 Å². The molecule has 0 aliphatic heterocycles. The molecule has 0 atom stereocenters. The van der Waals surface area contributed by atoms with Crippen LogP contribution in [-0.4, -0.2) is 15.3 Å². The van der Waals surface area contributed by atoms with E-state index in [-0.39, 0.29) is 28.7 Å². The number of amides is 1. The van der Waals surface area contributed by atoms with Crippen molar-refractivity contribution in [2.75, 3.05) is 0 Å². The number of alkyl halides is 3. The predicted molar refractivity (Wildman–Crippen MR) is 98.4 cm³/mol. The second-order valence-electron chi connectivity index (χ2n) is 5.82. The molecule has 1 N–H and O–H groups in total. The molecular formula is C18H11ClF3N3O2S. The van der Waals surface area contributed by atoms with Crippen molar-refractivity contribution < 1.29 is 22.4 Å². The van der Waals surface area contributed by atoms with Crippen LogP contribution in [0.25, 0.3) is 17.0 Å². The van der Waals surface area contributed by atoms with E-state index in [1.54, 1.807) is 6.07 Å². The third-order valence-electron chi connectivity index (χ3n) is 3.99. The van der Waals surface area contributed by atoms with Gasteiger partial charge in [-0.05, 0) is 29.6 Å². The number of thiophene rings is 1. The molecule has 10 heteroatoms. The lowest BCUT2D eigenvalue weighted by molar-refractivity contribution is -0.136. The molecule has 4 heterocycles. The molecule has 144 valence electrons. The minimum Gasteiger partial charge on any atom is -0.464 e. The van der Waals surface area contributed by atoms with Gasteiger partial charge in [0.25, 0.3) is 5.91 Å². The summed E-state index contributed by atoms with van der Waals surface area (Å²) in [7, 11) is 0. The Morgan fingerprint density at radius 1 is 1.32 bits per heavy atom. The Morgan fingerprint density at radius 2 is 2.14 bits per heavy atom. The molecule has 0 fully saturated rings. The molecule has 1 amide bonds. The van der Waals surface area contributed by atoms with Gasteiger partial charge in [-0.15, -0.1) is 11.3 Å². The second-order valence-corrected chi connectivity index (χ2v) is 7.21. The molecule has 0 aliphatic rings. The highest BCUT2D eigenvalue weighted by Crippen LogP contribution is 2.37. The number of halogens is 4. The molecule has 4 rings (SSSR count). The van der Waals surface area contributed by atoms with Crippen molar-refractivity contribution in [3.63, 3.8) is 0 Å². The predicted octanol–water partition coefficient (Wildman–Crippen LogP) is 5.26. The van der Waals surface area contributed by atoms with E-state index < -0.39 is 23.3 Å². The zero-order chi connectivity index (χ0) is 19.9. The highest BCUT2D eigenvalue weighted by atomic mass is 35.5. The number of nitrogens with zero attached hydrogens (tertiary/aromatic N) is 2. The third-order valence-corrected chi connectivity index (χ3v) is 5.23. The molecule has 0 radical (unpaired) electrons. The monoisotopic (exact) mass is 425 g/mol. The van der Waals surface area contributed by atoms with Crippen molar-refractivity contribution in [2.24, 2.45) is 0 Å². The lowest BCUT2D eigenvalue weighted by Crippen LogP contribution is -2.23. The van der Waals surface area contributed by atoms with E-state index in [2.05, 4.69) is 10.3 Å². The molecule has 0 spiro atoms. The van der Waals surface area contributed by atoms with Gasteiger partial charge < -0.3 is 9.73 Å². The first-order chi connectivity index (χ1) is 13.3. The maximum atomic E-state index is 13.6. The summed E-state index contributed by atoms with van der Waals surface area (Å²) in [5.74, 6) is -0.421. The summed E-state index contributed by atoms with van der Waals surface area (Å²) in [4.78, 5) is 17.2. The fourth-order valence-corrected chi connectivity index (χ4v) is 3.61. The van der Waals surface area contributed by atoms with E-state index >= 15 is 0 Å². The number of pyridine rings is 1. The number of hydrogen-bond donors (Lipinski definition) is 1. The summed E-state index contributed by atoms with van der Waals surface area (Å²) in [6.07, 6.45) is -1.98. The SMILES string of the molecule is O=C(NCc1cccs1)c1nc2c(C(F)(F)F)cc(-c3ccco3)cn2c1Cl. The molecule has 28 heavy (non-hydrogen) atoms. The molecule has 4 aromatic heterocycles. The highest BCUT2D eigenvalue weighted by molar-refractivity contribution is 7.09. The normalized spacial score (nSPS) is 11.9. The zero-order valence-corrected chi connectivity index (χ0v) is 15.5. The Kier molecular flexibility index (Phi) is 4.64. The van der Waals surface area contributed by atoms with Crippen LogP contribution in [0.4, 0.5) is 13.2 Å². The smallest absolute Gasteiger partial charge is 0.420 e. The molecule has 0 bridgehead atoms. The van der Waals surface area contributed by atoms with Crippen molar-refractivity contribution in [3.8, 4) is 11.3 Å². The lowest BCUT2D eigenvalue weighted by Gasteiger charge is -2.10. The van der Waals surface area contributed by atoms with Gasteiger partial charge in [0.15, 0.2) is 11.3 Å². The first kappa shape index (κ1) is 18.6. The second kappa shape index (κ2) is 6.99. The van der Waals surface area contributed by atoms with Crippen molar-refractivity contribution >= 4 is 34.5 Å². The van der Waals surface area contributed by atoms with Gasteiger partial charge >= 0.3 is 6.18 Å². The van der Waals surface area contributed by atoms with Gasteiger partial charge in [0.1, 0.15) is 10.9 Å².